The van der Waals surface area contributed by atoms with E-state index in [4.69, 9.17) is 18.0 Å². The minimum atomic E-state index is -0.000317. The molecule has 0 saturated carbocycles. The lowest BCUT2D eigenvalue weighted by Gasteiger charge is -2.33. The summed E-state index contributed by atoms with van der Waals surface area (Å²) in [5, 5.41) is 0.340. The molecule has 2 rings (SSSR count). The molecule has 0 aromatic carbocycles. The van der Waals surface area contributed by atoms with Crippen LogP contribution in [0.5, 0.6) is 0 Å². The molecule has 0 bridgehead atoms. The highest BCUT2D eigenvalue weighted by Crippen LogP contribution is 2.11. The maximum Gasteiger partial charge on any atom is 0.254 e. The number of piperazine rings is 1. The second-order valence-electron chi connectivity index (χ2n) is 4.14. The van der Waals surface area contributed by atoms with Crippen LogP contribution in [0.4, 0.5) is 0 Å². The monoisotopic (exact) mass is 263 g/mol. The van der Waals surface area contributed by atoms with E-state index in [0.717, 1.165) is 13.1 Å². The van der Waals surface area contributed by atoms with E-state index in [0.29, 0.717) is 30.4 Å². The average Bonchev–Trinajstić information content (AvgIpc) is 2.39. The lowest BCUT2D eigenvalue weighted by molar-refractivity contribution is 0.0652. The van der Waals surface area contributed by atoms with Gasteiger partial charge in [0.1, 0.15) is 5.15 Å². The number of amides is 1. The predicted octanol–water partition coefficient (Wildman–Crippen LogP) is 1.13. The molecule has 1 fully saturated rings. The van der Waals surface area contributed by atoms with E-state index >= 15 is 0 Å². The molecule has 0 N–H and O–H groups in total. The molecule has 4 nitrogen and oxygen atoms in total. The zero-order valence-corrected chi connectivity index (χ0v) is 10.7. The van der Waals surface area contributed by atoms with Crippen molar-refractivity contribution in [3.63, 3.8) is 0 Å². The highest BCUT2D eigenvalue weighted by Gasteiger charge is 2.21. The van der Waals surface area contributed by atoms with Gasteiger partial charge in [-0.2, -0.15) is 0 Å². The van der Waals surface area contributed by atoms with Crippen molar-refractivity contribution >= 4 is 17.5 Å². The van der Waals surface area contributed by atoms with Gasteiger partial charge in [0.2, 0.25) is 0 Å². The highest BCUT2D eigenvalue weighted by molar-refractivity contribution is 6.29. The molecule has 0 spiro atoms. The summed E-state index contributed by atoms with van der Waals surface area (Å²) in [6.45, 7) is 3.66. The molecule has 1 aromatic rings. The lowest BCUT2D eigenvalue weighted by atomic mass is 10.2. The zero-order valence-electron chi connectivity index (χ0n) is 9.97. The zero-order chi connectivity index (χ0) is 13.0. The van der Waals surface area contributed by atoms with Crippen LogP contribution in [-0.4, -0.2) is 53.4 Å². The number of terminal acetylenes is 1. The summed E-state index contributed by atoms with van der Waals surface area (Å²) in [5.74, 6) is 2.62. The van der Waals surface area contributed by atoms with Gasteiger partial charge in [-0.3, -0.25) is 9.69 Å². The van der Waals surface area contributed by atoms with Crippen LogP contribution >= 0.6 is 11.6 Å². The molecule has 0 radical (unpaired) electrons. The average molecular weight is 264 g/mol. The van der Waals surface area contributed by atoms with Crippen LogP contribution in [0.15, 0.2) is 18.3 Å². The number of hydrogen-bond donors (Lipinski definition) is 0. The summed E-state index contributed by atoms with van der Waals surface area (Å²) in [6.07, 6.45) is 6.81. The fourth-order valence-electron chi connectivity index (χ4n) is 1.96. The van der Waals surface area contributed by atoms with Gasteiger partial charge in [0.15, 0.2) is 0 Å². The van der Waals surface area contributed by atoms with E-state index in [1.165, 1.54) is 0 Å². The Morgan fingerprint density at radius 1 is 1.44 bits per heavy atom. The first-order chi connectivity index (χ1) is 8.70. The number of aromatic nitrogens is 1. The van der Waals surface area contributed by atoms with Crippen molar-refractivity contribution in [1.29, 1.82) is 0 Å². The number of halogens is 1. The van der Waals surface area contributed by atoms with Crippen LogP contribution in [0.2, 0.25) is 5.15 Å². The van der Waals surface area contributed by atoms with Gasteiger partial charge in [0.05, 0.1) is 6.54 Å². The summed E-state index contributed by atoms with van der Waals surface area (Å²) >= 11 is 5.78. The Morgan fingerprint density at radius 3 is 2.78 bits per heavy atom. The van der Waals surface area contributed by atoms with Crippen molar-refractivity contribution in [3.05, 3.63) is 29.0 Å². The summed E-state index contributed by atoms with van der Waals surface area (Å²) < 4.78 is 0. The van der Waals surface area contributed by atoms with Gasteiger partial charge < -0.3 is 4.90 Å². The van der Waals surface area contributed by atoms with Gasteiger partial charge in [-0.1, -0.05) is 17.5 Å². The Hall–Kier alpha value is -1.57. The lowest BCUT2D eigenvalue weighted by Crippen LogP contribution is -2.48. The molecular formula is C13H14ClN3O. The van der Waals surface area contributed by atoms with Crippen molar-refractivity contribution in [3.8, 4) is 12.3 Å². The molecule has 94 valence electrons. The molecule has 1 amide bonds. The first-order valence-electron chi connectivity index (χ1n) is 5.77. The summed E-state index contributed by atoms with van der Waals surface area (Å²) in [6, 6.07) is 3.28. The topological polar surface area (TPSA) is 36.4 Å². The Bertz CT molecular complexity index is 475. The smallest absolute Gasteiger partial charge is 0.254 e. The van der Waals surface area contributed by atoms with Gasteiger partial charge >= 0.3 is 0 Å². The van der Waals surface area contributed by atoms with E-state index in [1.807, 2.05) is 4.90 Å². The molecule has 0 unspecified atom stereocenters. The van der Waals surface area contributed by atoms with E-state index in [9.17, 15) is 4.79 Å². The maximum atomic E-state index is 12.2. The first kappa shape index (κ1) is 12.9. The number of nitrogens with zero attached hydrogens (tertiary/aromatic N) is 3. The fraction of sp³-hybridized carbons (Fsp3) is 0.385. The van der Waals surface area contributed by atoms with E-state index in [-0.39, 0.29) is 5.91 Å². The Balaban J connectivity index is 1.98. The van der Waals surface area contributed by atoms with Crippen LogP contribution in [0, 0.1) is 12.3 Å². The number of rotatable bonds is 2. The van der Waals surface area contributed by atoms with E-state index < -0.39 is 0 Å². The van der Waals surface area contributed by atoms with Crippen molar-refractivity contribution in [2.24, 2.45) is 0 Å². The molecule has 1 aromatic heterocycles. The Morgan fingerprint density at radius 2 is 2.17 bits per heavy atom. The molecular weight excluding hydrogens is 250 g/mol. The normalized spacial score (nSPS) is 16.3. The molecule has 18 heavy (non-hydrogen) atoms. The van der Waals surface area contributed by atoms with Crippen LogP contribution in [0.25, 0.3) is 0 Å². The molecule has 0 aliphatic carbocycles. The minimum absolute atomic E-state index is 0.000317. The first-order valence-corrected chi connectivity index (χ1v) is 6.15. The third kappa shape index (κ3) is 3.00. The SMILES string of the molecule is C#CCN1CCN(C(=O)c2ccnc(Cl)c2)CC1. The van der Waals surface area contributed by atoms with Crippen molar-refractivity contribution in [2.75, 3.05) is 32.7 Å². The van der Waals surface area contributed by atoms with Crippen molar-refractivity contribution < 1.29 is 4.79 Å². The molecule has 0 atom stereocenters. The van der Waals surface area contributed by atoms with Crippen LogP contribution < -0.4 is 0 Å². The van der Waals surface area contributed by atoms with Crippen LogP contribution in [-0.2, 0) is 0 Å². The van der Waals surface area contributed by atoms with E-state index in [2.05, 4.69) is 15.8 Å². The minimum Gasteiger partial charge on any atom is -0.336 e. The van der Waals surface area contributed by atoms with Gasteiger partial charge in [-0.15, -0.1) is 6.42 Å². The fourth-order valence-corrected chi connectivity index (χ4v) is 2.13. The molecule has 1 saturated heterocycles. The maximum absolute atomic E-state index is 12.2. The molecule has 1 aliphatic heterocycles. The Labute approximate surface area is 112 Å². The van der Waals surface area contributed by atoms with Crippen LogP contribution in [0.1, 0.15) is 10.4 Å². The second-order valence-corrected chi connectivity index (χ2v) is 4.53. The number of hydrogen-bond acceptors (Lipinski definition) is 3. The molecule has 1 aliphatic rings. The van der Waals surface area contributed by atoms with Crippen molar-refractivity contribution in [1.82, 2.24) is 14.8 Å². The standard InChI is InChI=1S/C13H14ClN3O/c1-2-5-16-6-8-17(9-7-16)13(18)11-3-4-15-12(14)10-11/h1,3-4,10H,5-9H2. The summed E-state index contributed by atoms with van der Waals surface area (Å²) in [5.41, 5.74) is 0.584. The third-order valence-corrected chi connectivity index (χ3v) is 3.15. The van der Waals surface area contributed by atoms with Crippen molar-refractivity contribution in [2.45, 2.75) is 0 Å². The number of carbonyl (C=O) groups is 1. The predicted molar refractivity (Wildman–Crippen MR) is 70.4 cm³/mol. The molecule has 2 heterocycles. The number of pyridine rings is 1. The van der Waals surface area contributed by atoms with Gasteiger partial charge in [0.25, 0.3) is 5.91 Å². The summed E-state index contributed by atoms with van der Waals surface area (Å²) in [7, 11) is 0. The summed E-state index contributed by atoms with van der Waals surface area (Å²) in [4.78, 5) is 20.0. The van der Waals surface area contributed by atoms with Gasteiger partial charge in [-0.25, -0.2) is 4.98 Å². The second kappa shape index (κ2) is 5.85. The number of carbonyl (C=O) groups excluding carboxylic acids is 1. The van der Waals surface area contributed by atoms with Gasteiger partial charge in [-0.05, 0) is 12.1 Å². The molecule has 5 heteroatoms. The van der Waals surface area contributed by atoms with Crippen LogP contribution in [0.3, 0.4) is 0 Å². The Kier molecular flexibility index (Phi) is 4.19. The van der Waals surface area contributed by atoms with E-state index in [1.54, 1.807) is 18.3 Å². The van der Waals surface area contributed by atoms with Gasteiger partial charge in [0, 0.05) is 37.9 Å². The third-order valence-electron chi connectivity index (χ3n) is 2.95. The quantitative estimate of drug-likeness (QED) is 0.593. The largest absolute Gasteiger partial charge is 0.336 e. The highest BCUT2D eigenvalue weighted by atomic mass is 35.5.